The van der Waals surface area contributed by atoms with Crippen LogP contribution >= 0.6 is 11.3 Å². The summed E-state index contributed by atoms with van der Waals surface area (Å²) in [7, 11) is 0. The minimum atomic E-state index is 0.637. The van der Waals surface area contributed by atoms with E-state index in [0.29, 0.717) is 11.1 Å². The zero-order chi connectivity index (χ0) is 14.5. The standard InChI is InChI=1S/C16H21N3OS/c1-2-3-15-18-19-16(21-15)20-14-6-4-12(5-7-14)13-8-10-17-11-9-13/h4-7,13,17H,2-3,8-11H2,1H3/p+1. The van der Waals surface area contributed by atoms with Crippen LogP contribution in [-0.4, -0.2) is 23.3 Å². The largest absolute Gasteiger partial charge is 0.430 e. The van der Waals surface area contributed by atoms with Crippen LogP contribution < -0.4 is 10.1 Å². The van der Waals surface area contributed by atoms with E-state index in [4.69, 9.17) is 4.74 Å². The Labute approximate surface area is 129 Å². The molecule has 4 nitrogen and oxygen atoms in total. The third-order valence-electron chi connectivity index (χ3n) is 3.91. The van der Waals surface area contributed by atoms with Crippen molar-refractivity contribution >= 4 is 11.3 Å². The quantitative estimate of drug-likeness (QED) is 0.924. The van der Waals surface area contributed by atoms with Gasteiger partial charge in [0.1, 0.15) is 10.8 Å². The molecule has 21 heavy (non-hydrogen) atoms. The fraction of sp³-hybridized carbons (Fsp3) is 0.500. The summed E-state index contributed by atoms with van der Waals surface area (Å²) in [6.45, 7) is 4.63. The molecule has 1 aromatic carbocycles. The Morgan fingerprint density at radius 1 is 1.19 bits per heavy atom. The highest BCUT2D eigenvalue weighted by Crippen LogP contribution is 2.29. The highest BCUT2D eigenvalue weighted by atomic mass is 32.1. The van der Waals surface area contributed by atoms with E-state index >= 15 is 0 Å². The number of nitrogens with zero attached hydrogens (tertiary/aromatic N) is 2. The summed E-state index contributed by atoms with van der Waals surface area (Å²) >= 11 is 1.54. The number of quaternary nitrogens is 1. The van der Waals surface area contributed by atoms with E-state index < -0.39 is 0 Å². The SMILES string of the molecule is CCCc1nnc(Oc2ccc(C3CC[NH2+]CC3)cc2)s1. The van der Waals surface area contributed by atoms with E-state index in [-0.39, 0.29) is 0 Å². The molecule has 2 heterocycles. The van der Waals surface area contributed by atoms with Crippen LogP contribution in [0.2, 0.25) is 0 Å². The van der Waals surface area contributed by atoms with Gasteiger partial charge in [-0.25, -0.2) is 0 Å². The zero-order valence-corrected chi connectivity index (χ0v) is 13.2. The first-order valence-corrected chi connectivity index (χ1v) is 8.58. The normalized spacial score (nSPS) is 16.0. The summed E-state index contributed by atoms with van der Waals surface area (Å²) in [5.74, 6) is 1.56. The molecule has 0 atom stereocenters. The lowest BCUT2D eigenvalue weighted by Crippen LogP contribution is -2.86. The first-order valence-electron chi connectivity index (χ1n) is 7.77. The van der Waals surface area contributed by atoms with E-state index in [9.17, 15) is 0 Å². The van der Waals surface area contributed by atoms with Crippen LogP contribution in [0.5, 0.6) is 10.9 Å². The monoisotopic (exact) mass is 304 g/mol. The van der Waals surface area contributed by atoms with E-state index in [0.717, 1.165) is 23.6 Å². The molecule has 0 unspecified atom stereocenters. The summed E-state index contributed by atoms with van der Waals surface area (Å²) in [5, 5.41) is 12.3. The van der Waals surface area contributed by atoms with Gasteiger partial charge in [0, 0.05) is 19.3 Å². The molecule has 0 radical (unpaired) electrons. The minimum absolute atomic E-state index is 0.637. The maximum Gasteiger partial charge on any atom is 0.299 e. The number of aromatic nitrogens is 2. The topological polar surface area (TPSA) is 51.6 Å². The van der Waals surface area contributed by atoms with Crippen molar-refractivity contribution in [2.75, 3.05) is 13.1 Å². The Kier molecular flexibility index (Phi) is 4.83. The summed E-state index contributed by atoms with van der Waals surface area (Å²) in [6.07, 6.45) is 4.61. The number of aryl methyl sites for hydroxylation is 1. The molecule has 5 heteroatoms. The highest BCUT2D eigenvalue weighted by molar-refractivity contribution is 7.13. The Hall–Kier alpha value is -1.46. The lowest BCUT2D eigenvalue weighted by molar-refractivity contribution is -0.663. The predicted octanol–water partition coefficient (Wildman–Crippen LogP) is 2.72. The van der Waals surface area contributed by atoms with Crippen molar-refractivity contribution in [2.45, 2.75) is 38.5 Å². The van der Waals surface area contributed by atoms with Gasteiger partial charge in [0.15, 0.2) is 0 Å². The maximum absolute atomic E-state index is 5.79. The molecule has 0 bridgehead atoms. The average molecular weight is 304 g/mol. The molecule has 1 aliphatic heterocycles. The fourth-order valence-electron chi connectivity index (χ4n) is 2.76. The number of hydrogen-bond acceptors (Lipinski definition) is 4. The first-order chi connectivity index (χ1) is 10.3. The molecule has 0 amide bonds. The van der Waals surface area contributed by atoms with Crippen molar-refractivity contribution in [1.29, 1.82) is 0 Å². The second-order valence-corrected chi connectivity index (χ2v) is 6.55. The summed E-state index contributed by atoms with van der Waals surface area (Å²) in [4.78, 5) is 0. The lowest BCUT2D eigenvalue weighted by atomic mass is 9.90. The summed E-state index contributed by atoms with van der Waals surface area (Å²) in [6, 6.07) is 8.49. The van der Waals surface area contributed by atoms with Crippen molar-refractivity contribution in [3.05, 3.63) is 34.8 Å². The van der Waals surface area contributed by atoms with Gasteiger partial charge in [-0.05, 0) is 30.0 Å². The molecule has 0 saturated carbocycles. The average Bonchev–Trinajstić information content (AvgIpc) is 2.97. The molecule has 2 aromatic rings. The zero-order valence-electron chi connectivity index (χ0n) is 12.4. The Morgan fingerprint density at radius 3 is 2.67 bits per heavy atom. The van der Waals surface area contributed by atoms with Crippen LogP contribution in [-0.2, 0) is 6.42 Å². The predicted molar refractivity (Wildman–Crippen MR) is 84.1 cm³/mol. The third-order valence-corrected chi connectivity index (χ3v) is 4.77. The lowest BCUT2D eigenvalue weighted by Gasteiger charge is -2.20. The molecule has 1 fully saturated rings. The van der Waals surface area contributed by atoms with Gasteiger partial charge >= 0.3 is 0 Å². The van der Waals surface area contributed by atoms with Gasteiger partial charge in [0.2, 0.25) is 0 Å². The minimum Gasteiger partial charge on any atom is -0.430 e. The first kappa shape index (κ1) is 14.5. The number of nitrogens with two attached hydrogens (primary N) is 1. The number of ether oxygens (including phenoxy) is 1. The Morgan fingerprint density at radius 2 is 1.95 bits per heavy atom. The molecule has 112 valence electrons. The van der Waals surface area contributed by atoms with E-state index in [1.807, 2.05) is 0 Å². The van der Waals surface area contributed by atoms with Crippen molar-refractivity contribution in [2.24, 2.45) is 0 Å². The van der Waals surface area contributed by atoms with E-state index in [1.165, 1.54) is 42.8 Å². The van der Waals surface area contributed by atoms with Gasteiger partial charge in [-0.3, -0.25) is 0 Å². The van der Waals surface area contributed by atoms with Crippen LogP contribution in [0.15, 0.2) is 24.3 Å². The van der Waals surface area contributed by atoms with E-state index in [1.54, 1.807) is 0 Å². The van der Waals surface area contributed by atoms with Crippen LogP contribution in [0, 0.1) is 0 Å². The Balaban J connectivity index is 1.63. The van der Waals surface area contributed by atoms with Crippen molar-refractivity contribution in [1.82, 2.24) is 10.2 Å². The van der Waals surface area contributed by atoms with Gasteiger partial charge in [0.05, 0.1) is 13.1 Å². The van der Waals surface area contributed by atoms with Crippen LogP contribution in [0.25, 0.3) is 0 Å². The van der Waals surface area contributed by atoms with Crippen molar-refractivity contribution in [3.8, 4) is 10.9 Å². The molecule has 0 spiro atoms. The smallest absolute Gasteiger partial charge is 0.299 e. The second-order valence-electron chi connectivity index (χ2n) is 5.52. The van der Waals surface area contributed by atoms with Gasteiger partial charge in [-0.2, -0.15) is 0 Å². The van der Waals surface area contributed by atoms with Crippen molar-refractivity contribution in [3.63, 3.8) is 0 Å². The number of benzene rings is 1. The number of piperidine rings is 1. The second kappa shape index (κ2) is 7.00. The van der Waals surface area contributed by atoms with Crippen molar-refractivity contribution < 1.29 is 10.1 Å². The molecule has 1 aromatic heterocycles. The van der Waals surface area contributed by atoms with Gasteiger partial charge < -0.3 is 10.1 Å². The summed E-state index contributed by atoms with van der Waals surface area (Å²) < 4.78 is 5.79. The maximum atomic E-state index is 5.79. The van der Waals surface area contributed by atoms with Gasteiger partial charge in [-0.15, -0.1) is 5.10 Å². The number of rotatable bonds is 5. The Bertz CT molecular complexity index is 561. The molecule has 2 N–H and O–H groups in total. The third kappa shape index (κ3) is 3.80. The molecule has 0 aliphatic carbocycles. The molecule has 1 aliphatic rings. The highest BCUT2D eigenvalue weighted by Gasteiger charge is 2.17. The van der Waals surface area contributed by atoms with E-state index in [2.05, 4.69) is 46.7 Å². The fourth-order valence-corrected chi connectivity index (χ4v) is 3.57. The number of hydrogen-bond donors (Lipinski definition) is 1. The molecule has 1 saturated heterocycles. The van der Waals surface area contributed by atoms with Crippen LogP contribution in [0.3, 0.4) is 0 Å². The van der Waals surface area contributed by atoms with Crippen LogP contribution in [0.1, 0.15) is 42.7 Å². The summed E-state index contributed by atoms with van der Waals surface area (Å²) in [5.41, 5.74) is 1.43. The molecule has 3 rings (SSSR count). The van der Waals surface area contributed by atoms with Crippen LogP contribution in [0.4, 0.5) is 0 Å². The molecular formula is C16H22N3OS+. The molecular weight excluding hydrogens is 282 g/mol. The van der Waals surface area contributed by atoms with Gasteiger partial charge in [-0.1, -0.05) is 35.5 Å². The van der Waals surface area contributed by atoms with Gasteiger partial charge in [0.25, 0.3) is 5.19 Å².